The number of nitrogens with zero attached hydrogens (tertiary/aromatic N) is 1. The molecule has 4 rings (SSSR count). The Morgan fingerprint density at radius 3 is 2.86 bits per heavy atom. The molecule has 21 heavy (non-hydrogen) atoms. The molecule has 0 heterocycles. The number of ether oxygens (including phenoxy) is 1. The third-order valence-electron chi connectivity index (χ3n) is 7.18. The molecule has 3 nitrogen and oxygen atoms in total. The van der Waals surface area contributed by atoms with Gasteiger partial charge in [-0.3, -0.25) is 0 Å². The van der Waals surface area contributed by atoms with E-state index >= 15 is 0 Å². The van der Waals surface area contributed by atoms with Gasteiger partial charge in [0.05, 0.1) is 0 Å². The summed E-state index contributed by atoms with van der Waals surface area (Å²) in [5.41, 5.74) is -0.241. The number of carbonyl (C=O) groups is 1. The van der Waals surface area contributed by atoms with Crippen molar-refractivity contribution < 1.29 is 9.53 Å². The van der Waals surface area contributed by atoms with Gasteiger partial charge in [-0.05, 0) is 49.4 Å². The van der Waals surface area contributed by atoms with Crippen LogP contribution in [0.3, 0.4) is 0 Å². The highest BCUT2D eigenvalue weighted by Gasteiger charge is 2.70. The summed E-state index contributed by atoms with van der Waals surface area (Å²) in [6.07, 6.45) is 6.80. The zero-order chi connectivity index (χ0) is 14.8. The lowest BCUT2D eigenvalue weighted by molar-refractivity contribution is -0.166. The normalized spacial score (nSPS) is 52.5. The van der Waals surface area contributed by atoms with Gasteiger partial charge >= 0.3 is 5.97 Å². The van der Waals surface area contributed by atoms with Crippen molar-refractivity contribution in [3.63, 3.8) is 0 Å². The second kappa shape index (κ2) is 4.35. The third-order valence-corrected chi connectivity index (χ3v) is 7.18. The Balaban J connectivity index is 1.62. The largest absolute Gasteiger partial charge is 0.456 e. The minimum absolute atomic E-state index is 0.241. The van der Waals surface area contributed by atoms with Gasteiger partial charge in [0.2, 0.25) is 6.04 Å². The Labute approximate surface area is 126 Å². The first-order valence-electron chi connectivity index (χ1n) is 8.35. The molecule has 0 aromatic rings. The lowest BCUT2D eigenvalue weighted by Crippen LogP contribution is -2.48. The molecule has 0 aromatic carbocycles. The third kappa shape index (κ3) is 1.57. The van der Waals surface area contributed by atoms with E-state index in [2.05, 4.69) is 18.3 Å². The molecule has 4 aliphatic rings. The van der Waals surface area contributed by atoms with Gasteiger partial charge in [-0.25, -0.2) is 11.4 Å². The van der Waals surface area contributed by atoms with Crippen molar-refractivity contribution in [1.82, 2.24) is 0 Å². The highest BCUT2D eigenvalue weighted by molar-refractivity contribution is 5.81. The van der Waals surface area contributed by atoms with Crippen molar-refractivity contribution in [2.75, 3.05) is 0 Å². The molecule has 0 spiro atoms. The van der Waals surface area contributed by atoms with Crippen molar-refractivity contribution in [1.29, 1.82) is 0 Å². The molecule has 4 saturated carbocycles. The van der Waals surface area contributed by atoms with Crippen LogP contribution in [0.1, 0.15) is 39.0 Å². The van der Waals surface area contributed by atoms with Gasteiger partial charge < -0.3 is 9.58 Å². The Kier molecular flexibility index (Phi) is 2.77. The predicted molar refractivity (Wildman–Crippen MR) is 79.1 cm³/mol. The standard InChI is InChI=1S/C18H23NO2/c1-4-15(20)21-18(5-2)9-11-7-13(18)17-10-6-12(16(11)17)14(8-10)19-3/h4,10-14,16-17H,1,5-9H2,2H3. The van der Waals surface area contributed by atoms with Crippen LogP contribution in [0.5, 0.6) is 0 Å². The highest BCUT2D eigenvalue weighted by atomic mass is 16.6. The SMILES string of the molecule is [C-]#[N+]C1CC2CC1C1C3CC(C21)C(CC)(OC(=O)C=C)C3. The highest BCUT2D eigenvalue weighted by Crippen LogP contribution is 2.71. The van der Waals surface area contributed by atoms with E-state index in [0.29, 0.717) is 29.6 Å². The van der Waals surface area contributed by atoms with E-state index in [1.165, 1.54) is 18.9 Å². The molecular formula is C18H23NO2. The smallest absolute Gasteiger partial charge is 0.330 e. The maximum atomic E-state index is 11.8. The molecule has 0 aliphatic heterocycles. The first-order valence-corrected chi connectivity index (χ1v) is 8.35. The number of carbonyl (C=O) groups excluding carboxylic acids is 1. The fourth-order valence-corrected chi connectivity index (χ4v) is 6.68. The predicted octanol–water partition coefficient (Wildman–Crippen LogP) is 3.46. The molecule has 0 amide bonds. The molecule has 0 saturated heterocycles. The molecule has 0 N–H and O–H groups in total. The average molecular weight is 285 g/mol. The summed E-state index contributed by atoms with van der Waals surface area (Å²) in [4.78, 5) is 15.7. The summed E-state index contributed by atoms with van der Waals surface area (Å²) in [5, 5.41) is 0. The van der Waals surface area contributed by atoms with Crippen LogP contribution in [-0.4, -0.2) is 17.6 Å². The van der Waals surface area contributed by atoms with E-state index in [1.54, 1.807) is 0 Å². The number of rotatable bonds is 3. The minimum atomic E-state index is -0.261. The second-order valence-corrected chi connectivity index (χ2v) is 7.60. The van der Waals surface area contributed by atoms with Crippen molar-refractivity contribution in [3.05, 3.63) is 24.1 Å². The quantitative estimate of drug-likeness (QED) is 0.344. The van der Waals surface area contributed by atoms with E-state index in [4.69, 9.17) is 11.3 Å². The van der Waals surface area contributed by atoms with Gasteiger partial charge in [0, 0.05) is 24.3 Å². The Morgan fingerprint density at radius 2 is 2.19 bits per heavy atom. The van der Waals surface area contributed by atoms with Crippen LogP contribution < -0.4 is 0 Å². The van der Waals surface area contributed by atoms with Crippen molar-refractivity contribution in [2.24, 2.45) is 35.5 Å². The molecule has 0 aromatic heterocycles. The number of hydrogen-bond acceptors (Lipinski definition) is 2. The summed E-state index contributed by atoms with van der Waals surface area (Å²) in [5.74, 6) is 3.75. The van der Waals surface area contributed by atoms with Gasteiger partial charge in [-0.2, -0.15) is 0 Å². The van der Waals surface area contributed by atoms with Crippen molar-refractivity contribution >= 4 is 5.97 Å². The maximum absolute atomic E-state index is 11.8. The summed E-state index contributed by atoms with van der Waals surface area (Å²) < 4.78 is 5.88. The molecule has 3 heteroatoms. The fraction of sp³-hybridized carbons (Fsp3) is 0.778. The number of fused-ring (bicyclic) bond motifs is 9. The summed E-state index contributed by atoms with van der Waals surface area (Å²) >= 11 is 0. The van der Waals surface area contributed by atoms with Crippen LogP contribution in [0.15, 0.2) is 12.7 Å². The van der Waals surface area contributed by atoms with Crippen LogP contribution in [-0.2, 0) is 9.53 Å². The molecule has 8 atom stereocenters. The average Bonchev–Trinajstić information content (AvgIpc) is 3.23. The van der Waals surface area contributed by atoms with Crippen LogP contribution in [0.4, 0.5) is 0 Å². The lowest BCUT2D eigenvalue weighted by atomic mass is 9.64. The molecule has 0 radical (unpaired) electrons. The molecule has 4 aliphatic carbocycles. The summed E-state index contributed by atoms with van der Waals surface area (Å²) in [6, 6.07) is 0.280. The first kappa shape index (κ1) is 13.4. The molecule has 8 unspecified atom stereocenters. The van der Waals surface area contributed by atoms with Crippen LogP contribution >= 0.6 is 0 Å². The van der Waals surface area contributed by atoms with E-state index in [9.17, 15) is 4.79 Å². The fourth-order valence-electron chi connectivity index (χ4n) is 6.68. The van der Waals surface area contributed by atoms with Crippen LogP contribution in [0.25, 0.3) is 4.85 Å². The zero-order valence-electron chi connectivity index (χ0n) is 12.6. The zero-order valence-corrected chi connectivity index (χ0v) is 12.6. The Hall–Kier alpha value is -1.30. The minimum Gasteiger partial charge on any atom is -0.456 e. The van der Waals surface area contributed by atoms with E-state index < -0.39 is 0 Å². The number of esters is 1. The number of hydrogen-bond donors (Lipinski definition) is 0. The van der Waals surface area contributed by atoms with Gasteiger partial charge in [-0.1, -0.05) is 13.5 Å². The maximum Gasteiger partial charge on any atom is 0.330 e. The van der Waals surface area contributed by atoms with E-state index in [0.717, 1.165) is 25.2 Å². The molecular weight excluding hydrogens is 262 g/mol. The summed E-state index contributed by atoms with van der Waals surface area (Å²) in [6.45, 7) is 13.1. The van der Waals surface area contributed by atoms with Crippen molar-refractivity contribution in [2.45, 2.75) is 50.7 Å². The second-order valence-electron chi connectivity index (χ2n) is 7.60. The summed E-state index contributed by atoms with van der Waals surface area (Å²) in [7, 11) is 0. The van der Waals surface area contributed by atoms with Crippen LogP contribution in [0, 0.1) is 42.1 Å². The Bertz CT molecular complexity index is 536. The van der Waals surface area contributed by atoms with Crippen molar-refractivity contribution in [3.8, 4) is 0 Å². The van der Waals surface area contributed by atoms with Crippen LogP contribution in [0.2, 0.25) is 0 Å². The molecule has 4 bridgehead atoms. The molecule has 112 valence electrons. The first-order chi connectivity index (χ1) is 10.1. The topological polar surface area (TPSA) is 30.7 Å². The van der Waals surface area contributed by atoms with Gasteiger partial charge in [-0.15, -0.1) is 0 Å². The van der Waals surface area contributed by atoms with E-state index in [-0.39, 0.29) is 17.6 Å². The van der Waals surface area contributed by atoms with E-state index in [1.807, 2.05) is 0 Å². The van der Waals surface area contributed by atoms with Gasteiger partial charge in [0.15, 0.2) is 0 Å². The lowest BCUT2D eigenvalue weighted by Gasteiger charge is -2.45. The van der Waals surface area contributed by atoms with Gasteiger partial charge in [0.25, 0.3) is 0 Å². The molecule has 4 fully saturated rings. The monoisotopic (exact) mass is 285 g/mol. The van der Waals surface area contributed by atoms with Gasteiger partial charge in [0.1, 0.15) is 5.60 Å². The Morgan fingerprint density at radius 1 is 1.38 bits per heavy atom.